The summed E-state index contributed by atoms with van der Waals surface area (Å²) in [5, 5.41) is 4.39. The Balaban J connectivity index is 1.74. The number of nitrogens with zero attached hydrogens (tertiary/aromatic N) is 5. The molecular formula is C23H23N5O. The number of fused-ring (bicyclic) bond motifs is 1. The van der Waals surface area contributed by atoms with Gasteiger partial charge in [-0.3, -0.25) is 4.40 Å². The zero-order valence-corrected chi connectivity index (χ0v) is 16.9. The minimum Gasteiger partial charge on any atom is -0.371 e. The van der Waals surface area contributed by atoms with Gasteiger partial charge in [0.2, 0.25) is 0 Å². The number of hydrogen-bond donors (Lipinski definition) is 0. The van der Waals surface area contributed by atoms with Crippen molar-refractivity contribution in [2.24, 2.45) is 0 Å². The smallest absolute Gasteiger partial charge is 0.355 e. The summed E-state index contributed by atoms with van der Waals surface area (Å²) >= 11 is 0. The van der Waals surface area contributed by atoms with E-state index in [2.05, 4.69) is 47.0 Å². The van der Waals surface area contributed by atoms with Crippen LogP contribution in [0.1, 0.15) is 23.2 Å². The van der Waals surface area contributed by atoms with Crippen molar-refractivity contribution in [3.8, 4) is 16.9 Å². The third-order valence-corrected chi connectivity index (χ3v) is 5.94. The van der Waals surface area contributed by atoms with Crippen LogP contribution in [-0.4, -0.2) is 32.3 Å². The highest BCUT2D eigenvalue weighted by Gasteiger charge is 2.21. The molecule has 0 amide bonds. The second-order valence-corrected chi connectivity index (χ2v) is 7.67. The minimum absolute atomic E-state index is 0.204. The van der Waals surface area contributed by atoms with Crippen molar-refractivity contribution >= 4 is 11.2 Å². The van der Waals surface area contributed by atoms with Crippen molar-refractivity contribution in [2.75, 3.05) is 18.0 Å². The van der Waals surface area contributed by atoms with Gasteiger partial charge in [-0.25, -0.2) is 9.78 Å². The van der Waals surface area contributed by atoms with E-state index >= 15 is 0 Å². The molecule has 3 aromatic heterocycles. The van der Waals surface area contributed by atoms with Crippen molar-refractivity contribution in [2.45, 2.75) is 27.2 Å². The summed E-state index contributed by atoms with van der Waals surface area (Å²) in [5.41, 5.74) is 7.37. The van der Waals surface area contributed by atoms with Gasteiger partial charge in [0.25, 0.3) is 0 Å². The highest BCUT2D eigenvalue weighted by Crippen LogP contribution is 2.36. The van der Waals surface area contributed by atoms with Crippen molar-refractivity contribution in [3.05, 3.63) is 76.1 Å². The van der Waals surface area contributed by atoms with Gasteiger partial charge in [-0.2, -0.15) is 9.78 Å². The standard InChI is InChI=1S/C23H23N5O/c1-15-8-9-18(26-11-6-12-26)13-19(15)22-16(2)20-14-25-28(21-7-4-5-10-24-21)23(29)27(20)17(22)3/h4-5,7-10,13-14H,6,11-12H2,1-3H3. The quantitative estimate of drug-likeness (QED) is 0.540. The Bertz CT molecular complexity index is 1280. The molecule has 1 aliphatic rings. The molecule has 1 aliphatic heterocycles. The fourth-order valence-corrected chi connectivity index (χ4v) is 4.20. The molecule has 6 nitrogen and oxygen atoms in total. The van der Waals surface area contributed by atoms with E-state index in [1.54, 1.807) is 22.9 Å². The van der Waals surface area contributed by atoms with E-state index < -0.39 is 0 Å². The Morgan fingerprint density at radius 2 is 1.86 bits per heavy atom. The predicted molar refractivity (Wildman–Crippen MR) is 115 cm³/mol. The summed E-state index contributed by atoms with van der Waals surface area (Å²) in [6, 6.07) is 12.1. The van der Waals surface area contributed by atoms with E-state index in [1.807, 2.05) is 19.1 Å². The van der Waals surface area contributed by atoms with E-state index in [4.69, 9.17) is 0 Å². The second kappa shape index (κ2) is 6.58. The molecule has 0 bridgehead atoms. The number of aryl methyl sites for hydroxylation is 3. The third kappa shape index (κ3) is 2.67. The molecular weight excluding hydrogens is 362 g/mol. The van der Waals surface area contributed by atoms with Crippen molar-refractivity contribution in [1.29, 1.82) is 0 Å². The number of rotatable bonds is 3. The van der Waals surface area contributed by atoms with Crippen molar-refractivity contribution in [3.63, 3.8) is 0 Å². The molecule has 0 radical (unpaired) electrons. The topological polar surface area (TPSA) is 55.4 Å². The molecule has 1 fully saturated rings. The molecule has 5 rings (SSSR count). The van der Waals surface area contributed by atoms with E-state index in [0.717, 1.165) is 35.4 Å². The lowest BCUT2D eigenvalue weighted by Gasteiger charge is -2.33. The fraction of sp³-hybridized carbons (Fsp3) is 0.261. The summed E-state index contributed by atoms with van der Waals surface area (Å²) in [6.45, 7) is 8.42. The van der Waals surface area contributed by atoms with Gasteiger partial charge in [-0.15, -0.1) is 0 Å². The molecule has 0 aliphatic carbocycles. The van der Waals surface area contributed by atoms with Gasteiger partial charge in [0.05, 0.1) is 11.7 Å². The summed E-state index contributed by atoms with van der Waals surface area (Å²) in [5.74, 6) is 0.516. The first-order chi connectivity index (χ1) is 14.1. The summed E-state index contributed by atoms with van der Waals surface area (Å²) in [7, 11) is 0. The lowest BCUT2D eigenvalue weighted by Crippen LogP contribution is -2.36. The highest BCUT2D eigenvalue weighted by molar-refractivity contribution is 5.82. The van der Waals surface area contributed by atoms with Crippen LogP contribution in [0.3, 0.4) is 0 Å². The predicted octanol–water partition coefficient (Wildman–Crippen LogP) is 3.68. The Labute approximate surface area is 169 Å². The van der Waals surface area contributed by atoms with Crippen LogP contribution in [-0.2, 0) is 0 Å². The molecule has 0 spiro atoms. The Morgan fingerprint density at radius 3 is 2.55 bits per heavy atom. The zero-order valence-electron chi connectivity index (χ0n) is 16.9. The summed E-state index contributed by atoms with van der Waals surface area (Å²) in [6.07, 6.45) is 4.67. The molecule has 4 heterocycles. The van der Waals surface area contributed by atoms with Gasteiger partial charge < -0.3 is 4.90 Å². The van der Waals surface area contributed by atoms with Crippen LogP contribution < -0.4 is 10.6 Å². The SMILES string of the molecule is Cc1ccc(N2CCC2)cc1-c1c(C)c2cnn(-c3ccccn3)c(=O)n2c1C. The van der Waals surface area contributed by atoms with Gasteiger partial charge in [0.1, 0.15) is 0 Å². The van der Waals surface area contributed by atoms with Gasteiger partial charge in [-0.05, 0) is 68.1 Å². The van der Waals surface area contributed by atoms with Crippen LogP contribution in [0.15, 0.2) is 53.6 Å². The molecule has 0 unspecified atom stereocenters. The molecule has 1 aromatic carbocycles. The molecule has 29 heavy (non-hydrogen) atoms. The first-order valence-electron chi connectivity index (χ1n) is 9.93. The first-order valence-corrected chi connectivity index (χ1v) is 9.93. The maximum atomic E-state index is 13.3. The van der Waals surface area contributed by atoms with E-state index in [0.29, 0.717) is 5.82 Å². The van der Waals surface area contributed by atoms with E-state index in [9.17, 15) is 4.79 Å². The number of aromatic nitrogens is 4. The average molecular weight is 385 g/mol. The normalized spacial score (nSPS) is 13.7. The Kier molecular flexibility index (Phi) is 4.01. The average Bonchev–Trinajstić information content (AvgIpc) is 2.94. The van der Waals surface area contributed by atoms with Gasteiger partial charge in [0, 0.05) is 36.2 Å². The molecule has 146 valence electrons. The molecule has 1 saturated heterocycles. The molecule has 6 heteroatoms. The van der Waals surface area contributed by atoms with E-state index in [-0.39, 0.29) is 5.69 Å². The maximum absolute atomic E-state index is 13.3. The molecule has 4 aromatic rings. The number of hydrogen-bond acceptors (Lipinski definition) is 4. The lowest BCUT2D eigenvalue weighted by molar-refractivity contribution is 0.618. The van der Waals surface area contributed by atoms with Gasteiger partial charge >= 0.3 is 5.69 Å². The van der Waals surface area contributed by atoms with Gasteiger partial charge in [-0.1, -0.05) is 12.1 Å². The second-order valence-electron chi connectivity index (χ2n) is 7.67. The van der Waals surface area contributed by atoms with Crippen LogP contribution in [0.25, 0.3) is 22.5 Å². The van der Waals surface area contributed by atoms with Crippen LogP contribution in [0.4, 0.5) is 5.69 Å². The van der Waals surface area contributed by atoms with Crippen LogP contribution in [0.5, 0.6) is 0 Å². The van der Waals surface area contributed by atoms with Crippen molar-refractivity contribution < 1.29 is 0 Å². The summed E-state index contributed by atoms with van der Waals surface area (Å²) < 4.78 is 3.11. The number of pyridine rings is 1. The van der Waals surface area contributed by atoms with Crippen LogP contribution in [0, 0.1) is 20.8 Å². The molecule has 0 saturated carbocycles. The van der Waals surface area contributed by atoms with E-state index in [1.165, 1.54) is 27.9 Å². The highest BCUT2D eigenvalue weighted by atomic mass is 16.2. The number of benzene rings is 1. The van der Waals surface area contributed by atoms with Crippen LogP contribution in [0.2, 0.25) is 0 Å². The third-order valence-electron chi connectivity index (χ3n) is 5.94. The zero-order chi connectivity index (χ0) is 20.1. The Morgan fingerprint density at radius 1 is 1.03 bits per heavy atom. The summed E-state index contributed by atoms with van der Waals surface area (Å²) in [4.78, 5) is 19.9. The minimum atomic E-state index is -0.204. The maximum Gasteiger partial charge on any atom is 0.355 e. The largest absolute Gasteiger partial charge is 0.371 e. The Hall–Kier alpha value is -3.41. The van der Waals surface area contributed by atoms with Crippen LogP contribution >= 0.6 is 0 Å². The van der Waals surface area contributed by atoms with Crippen molar-refractivity contribution in [1.82, 2.24) is 19.2 Å². The monoisotopic (exact) mass is 385 g/mol. The lowest BCUT2D eigenvalue weighted by atomic mass is 9.96. The molecule has 0 atom stereocenters. The van der Waals surface area contributed by atoms with Gasteiger partial charge in [0.15, 0.2) is 5.82 Å². The fourth-order valence-electron chi connectivity index (χ4n) is 4.20. The first kappa shape index (κ1) is 17.7. The molecule has 0 N–H and O–H groups in total. The number of anilines is 1.